The number of carbonyl (C=O) groups is 1. The average Bonchev–Trinajstić information content (AvgIpc) is 2.36. The molecule has 0 bridgehead atoms. The van der Waals surface area contributed by atoms with Crippen LogP contribution in [-0.4, -0.2) is 12.0 Å². The van der Waals surface area contributed by atoms with Crippen molar-refractivity contribution in [2.75, 3.05) is 0 Å². The highest BCUT2D eigenvalue weighted by Crippen LogP contribution is 2.40. The fraction of sp³-hybridized carbons (Fsp3) is 0.200. The molecule has 1 unspecified atom stereocenters. The van der Waals surface area contributed by atoms with E-state index in [2.05, 4.69) is 0 Å². The number of nitrogens with zero attached hydrogens (tertiary/aromatic N) is 1. The number of hydrogen-bond acceptors (Lipinski definition) is 2. The maximum atomic E-state index is 13.1. The second-order valence-electron chi connectivity index (χ2n) is 4.55. The molecule has 0 heterocycles. The van der Waals surface area contributed by atoms with Crippen molar-refractivity contribution in [1.29, 1.82) is 5.26 Å². The Kier molecular flexibility index (Phi) is 3.49. The third-order valence-electron chi connectivity index (χ3n) is 3.02. The molecular weight excluding hydrogens is 267 g/mol. The van der Waals surface area contributed by atoms with E-state index in [0.717, 1.165) is 6.08 Å². The van der Waals surface area contributed by atoms with Crippen molar-refractivity contribution in [2.24, 2.45) is 5.92 Å². The summed E-state index contributed by atoms with van der Waals surface area (Å²) in [5.74, 6) is -3.10. The Bertz CT molecular complexity index is 645. The van der Waals surface area contributed by atoms with Crippen molar-refractivity contribution in [2.45, 2.75) is 13.1 Å². The van der Waals surface area contributed by atoms with Crippen molar-refractivity contribution < 1.29 is 18.0 Å². The highest BCUT2D eigenvalue weighted by Gasteiger charge is 2.47. The molecule has 0 spiro atoms. The van der Waals surface area contributed by atoms with Gasteiger partial charge in [0.2, 0.25) is 0 Å². The Labute approximate surface area is 113 Å². The van der Waals surface area contributed by atoms with Gasteiger partial charge in [0.1, 0.15) is 5.92 Å². The zero-order chi connectivity index (χ0) is 14.9. The predicted molar refractivity (Wildman–Crippen MR) is 67.4 cm³/mol. The molecule has 5 heteroatoms. The van der Waals surface area contributed by atoms with Gasteiger partial charge in [-0.05, 0) is 41.8 Å². The second kappa shape index (κ2) is 4.97. The van der Waals surface area contributed by atoms with Crippen molar-refractivity contribution in [3.8, 4) is 6.07 Å². The molecule has 20 heavy (non-hydrogen) atoms. The number of hydrogen-bond donors (Lipinski definition) is 0. The molecule has 0 aromatic heterocycles. The number of halogens is 3. The summed E-state index contributed by atoms with van der Waals surface area (Å²) in [5, 5.41) is 8.70. The zero-order valence-electron chi connectivity index (χ0n) is 10.5. The average molecular weight is 277 g/mol. The van der Waals surface area contributed by atoms with E-state index in [-0.39, 0.29) is 5.57 Å². The SMILES string of the molecule is CC1=CC(=O)C(C(F)(F)F)C(c2ccc(C#N)cc2)=C1. The van der Waals surface area contributed by atoms with Gasteiger partial charge in [0, 0.05) is 0 Å². The van der Waals surface area contributed by atoms with Crippen LogP contribution in [0.1, 0.15) is 18.1 Å². The number of allylic oxidation sites excluding steroid dienone is 4. The Balaban J connectivity index is 2.52. The quantitative estimate of drug-likeness (QED) is 0.786. The van der Waals surface area contributed by atoms with Gasteiger partial charge in [-0.25, -0.2) is 0 Å². The zero-order valence-corrected chi connectivity index (χ0v) is 10.5. The van der Waals surface area contributed by atoms with E-state index < -0.39 is 17.9 Å². The molecule has 1 aliphatic rings. The second-order valence-corrected chi connectivity index (χ2v) is 4.55. The molecule has 1 aliphatic carbocycles. The van der Waals surface area contributed by atoms with Gasteiger partial charge in [-0.1, -0.05) is 18.2 Å². The van der Waals surface area contributed by atoms with Crippen LogP contribution in [0.25, 0.3) is 5.57 Å². The van der Waals surface area contributed by atoms with Gasteiger partial charge in [-0.3, -0.25) is 4.79 Å². The summed E-state index contributed by atoms with van der Waals surface area (Å²) in [6.07, 6.45) is -2.26. The molecule has 2 nitrogen and oxygen atoms in total. The number of alkyl halides is 3. The van der Waals surface area contributed by atoms with Gasteiger partial charge < -0.3 is 0 Å². The fourth-order valence-electron chi connectivity index (χ4n) is 2.16. The van der Waals surface area contributed by atoms with E-state index in [0.29, 0.717) is 16.7 Å². The topological polar surface area (TPSA) is 40.9 Å². The van der Waals surface area contributed by atoms with Crippen LogP contribution in [0, 0.1) is 17.2 Å². The van der Waals surface area contributed by atoms with Crippen LogP contribution in [0.2, 0.25) is 0 Å². The number of benzene rings is 1. The molecule has 1 atom stereocenters. The first kappa shape index (κ1) is 14.1. The molecule has 0 saturated heterocycles. The number of carbonyl (C=O) groups excluding carboxylic acids is 1. The van der Waals surface area contributed by atoms with Crippen molar-refractivity contribution in [3.63, 3.8) is 0 Å². The number of ketones is 1. The Morgan fingerprint density at radius 1 is 1.15 bits per heavy atom. The summed E-state index contributed by atoms with van der Waals surface area (Å²) in [7, 11) is 0. The first-order chi connectivity index (χ1) is 9.32. The van der Waals surface area contributed by atoms with Crippen LogP contribution in [0.3, 0.4) is 0 Å². The van der Waals surface area contributed by atoms with Crippen LogP contribution in [0.5, 0.6) is 0 Å². The summed E-state index contributed by atoms with van der Waals surface area (Å²) in [6.45, 7) is 1.58. The normalized spacial score (nSPS) is 19.1. The van der Waals surface area contributed by atoms with E-state index >= 15 is 0 Å². The van der Waals surface area contributed by atoms with Gasteiger partial charge in [0.05, 0.1) is 11.6 Å². The summed E-state index contributed by atoms with van der Waals surface area (Å²) in [4.78, 5) is 11.7. The monoisotopic (exact) mass is 277 g/mol. The lowest BCUT2D eigenvalue weighted by atomic mass is 9.83. The van der Waals surface area contributed by atoms with Gasteiger partial charge in [0.25, 0.3) is 0 Å². The van der Waals surface area contributed by atoms with Crippen LogP contribution < -0.4 is 0 Å². The molecule has 0 N–H and O–H groups in total. The van der Waals surface area contributed by atoms with E-state index in [1.165, 1.54) is 30.3 Å². The highest BCUT2D eigenvalue weighted by atomic mass is 19.4. The summed E-state index contributed by atoms with van der Waals surface area (Å²) < 4.78 is 39.2. The lowest BCUT2D eigenvalue weighted by molar-refractivity contribution is -0.166. The lowest BCUT2D eigenvalue weighted by Crippen LogP contribution is -2.32. The van der Waals surface area contributed by atoms with Crippen LogP contribution in [0.15, 0.2) is 42.0 Å². The van der Waals surface area contributed by atoms with Gasteiger partial charge in [0.15, 0.2) is 5.78 Å². The van der Waals surface area contributed by atoms with Crippen LogP contribution in [0.4, 0.5) is 13.2 Å². The van der Waals surface area contributed by atoms with E-state index in [9.17, 15) is 18.0 Å². The maximum absolute atomic E-state index is 13.1. The molecule has 0 radical (unpaired) electrons. The van der Waals surface area contributed by atoms with Gasteiger partial charge >= 0.3 is 6.18 Å². The Morgan fingerprint density at radius 2 is 1.75 bits per heavy atom. The largest absolute Gasteiger partial charge is 0.402 e. The molecule has 2 rings (SSSR count). The minimum atomic E-state index is -4.63. The molecule has 0 fully saturated rings. The van der Waals surface area contributed by atoms with Gasteiger partial charge in [-0.15, -0.1) is 0 Å². The summed E-state index contributed by atoms with van der Waals surface area (Å²) in [6, 6.07) is 7.61. The number of nitriles is 1. The Hall–Kier alpha value is -2.35. The molecule has 0 amide bonds. The molecule has 1 aromatic carbocycles. The first-order valence-electron chi connectivity index (χ1n) is 5.84. The third kappa shape index (κ3) is 2.64. The Morgan fingerprint density at radius 3 is 2.25 bits per heavy atom. The predicted octanol–water partition coefficient (Wildman–Crippen LogP) is 3.65. The molecular formula is C15H10F3NO. The van der Waals surface area contributed by atoms with E-state index in [1.54, 1.807) is 6.92 Å². The first-order valence-corrected chi connectivity index (χ1v) is 5.84. The van der Waals surface area contributed by atoms with E-state index in [1.807, 2.05) is 6.07 Å². The smallest absolute Gasteiger partial charge is 0.294 e. The summed E-state index contributed by atoms with van der Waals surface area (Å²) >= 11 is 0. The fourth-order valence-corrected chi connectivity index (χ4v) is 2.16. The lowest BCUT2D eigenvalue weighted by Gasteiger charge is -2.24. The minimum Gasteiger partial charge on any atom is -0.294 e. The summed E-state index contributed by atoms with van der Waals surface area (Å²) in [5.41, 5.74) is 1.06. The molecule has 102 valence electrons. The van der Waals surface area contributed by atoms with E-state index in [4.69, 9.17) is 5.26 Å². The van der Waals surface area contributed by atoms with Crippen molar-refractivity contribution in [3.05, 3.63) is 53.1 Å². The maximum Gasteiger partial charge on any atom is 0.402 e. The third-order valence-corrected chi connectivity index (χ3v) is 3.02. The number of rotatable bonds is 1. The van der Waals surface area contributed by atoms with Crippen LogP contribution in [-0.2, 0) is 4.79 Å². The standard InChI is InChI=1S/C15H10F3NO/c1-9-6-12(11-4-2-10(8-19)3-5-11)14(13(20)7-9)15(16,17)18/h2-7,14H,1H3. The van der Waals surface area contributed by atoms with Crippen molar-refractivity contribution >= 4 is 11.4 Å². The van der Waals surface area contributed by atoms with Crippen molar-refractivity contribution in [1.82, 2.24) is 0 Å². The highest BCUT2D eigenvalue weighted by molar-refractivity contribution is 6.04. The molecule has 0 aliphatic heterocycles. The molecule has 1 aromatic rings. The van der Waals surface area contributed by atoms with Crippen LogP contribution >= 0.6 is 0 Å². The molecule has 0 saturated carbocycles. The minimum absolute atomic E-state index is 0.0769. The van der Waals surface area contributed by atoms with Gasteiger partial charge in [-0.2, -0.15) is 18.4 Å².